The Morgan fingerprint density at radius 3 is 2.82 bits per heavy atom. The standard InChI is InChI=1S/C17H20N4O/c1-11-15(12(2)20-19-11)9-16(22)21(3)10-14-6-4-5-13-7-8-18-17(13)14/h4-8,18H,9-10H2,1-3H3,(H,19,20). The number of aromatic nitrogens is 3. The predicted octanol–water partition coefficient (Wildman–Crippen LogP) is 2.71. The molecule has 0 unspecified atom stereocenters. The van der Waals surface area contributed by atoms with E-state index in [1.165, 1.54) is 5.39 Å². The molecule has 0 spiro atoms. The Labute approximate surface area is 129 Å². The minimum atomic E-state index is 0.0937. The molecule has 2 heterocycles. The lowest BCUT2D eigenvalue weighted by atomic mass is 10.1. The Bertz CT molecular complexity index is 796. The highest BCUT2D eigenvalue weighted by atomic mass is 16.2. The highest BCUT2D eigenvalue weighted by molar-refractivity contribution is 5.83. The molecule has 0 saturated carbocycles. The Morgan fingerprint density at radius 2 is 2.09 bits per heavy atom. The normalized spacial score (nSPS) is 11.0. The van der Waals surface area contributed by atoms with Gasteiger partial charge in [0, 0.05) is 31.0 Å². The van der Waals surface area contributed by atoms with E-state index in [-0.39, 0.29) is 5.91 Å². The Hall–Kier alpha value is -2.56. The third-order valence-corrected chi connectivity index (χ3v) is 4.12. The van der Waals surface area contributed by atoms with E-state index in [9.17, 15) is 4.79 Å². The number of hydrogen-bond donors (Lipinski definition) is 2. The van der Waals surface area contributed by atoms with Gasteiger partial charge in [0.1, 0.15) is 0 Å². The summed E-state index contributed by atoms with van der Waals surface area (Å²) in [6, 6.07) is 8.18. The Balaban J connectivity index is 1.75. The summed E-state index contributed by atoms with van der Waals surface area (Å²) in [5.41, 5.74) is 5.07. The number of benzene rings is 1. The molecule has 1 aromatic carbocycles. The minimum absolute atomic E-state index is 0.0937. The quantitative estimate of drug-likeness (QED) is 0.777. The van der Waals surface area contributed by atoms with Crippen LogP contribution in [0.25, 0.3) is 10.9 Å². The molecule has 5 nitrogen and oxygen atoms in total. The summed E-state index contributed by atoms with van der Waals surface area (Å²) < 4.78 is 0. The molecule has 0 saturated heterocycles. The number of rotatable bonds is 4. The zero-order chi connectivity index (χ0) is 15.7. The minimum Gasteiger partial charge on any atom is -0.361 e. The monoisotopic (exact) mass is 296 g/mol. The number of nitrogens with one attached hydrogen (secondary N) is 2. The molecule has 0 radical (unpaired) electrons. The number of aromatic amines is 2. The fourth-order valence-electron chi connectivity index (χ4n) is 2.75. The molecule has 5 heteroatoms. The number of likely N-dealkylation sites (N-methyl/N-ethyl adjacent to an activating group) is 1. The molecule has 0 bridgehead atoms. The summed E-state index contributed by atoms with van der Waals surface area (Å²) in [5.74, 6) is 0.0937. The largest absolute Gasteiger partial charge is 0.361 e. The van der Waals surface area contributed by atoms with Gasteiger partial charge in [-0.25, -0.2) is 0 Å². The van der Waals surface area contributed by atoms with Gasteiger partial charge >= 0.3 is 0 Å². The average Bonchev–Trinajstić information content (AvgIpc) is 3.09. The van der Waals surface area contributed by atoms with E-state index in [0.717, 1.165) is 28.0 Å². The van der Waals surface area contributed by atoms with Crippen molar-refractivity contribution in [3.05, 3.63) is 53.0 Å². The van der Waals surface area contributed by atoms with Crippen molar-refractivity contribution in [2.24, 2.45) is 0 Å². The van der Waals surface area contributed by atoms with Crippen LogP contribution in [0.2, 0.25) is 0 Å². The van der Waals surface area contributed by atoms with E-state index in [0.29, 0.717) is 13.0 Å². The molecule has 0 atom stereocenters. The van der Waals surface area contributed by atoms with Crippen molar-refractivity contribution in [2.75, 3.05) is 7.05 Å². The number of fused-ring (bicyclic) bond motifs is 1. The number of carbonyl (C=O) groups excluding carboxylic acids is 1. The first kappa shape index (κ1) is 14.4. The maximum absolute atomic E-state index is 12.5. The van der Waals surface area contributed by atoms with Crippen LogP contribution in [-0.4, -0.2) is 33.0 Å². The first-order chi connectivity index (χ1) is 10.6. The molecule has 0 aliphatic carbocycles. The van der Waals surface area contributed by atoms with Gasteiger partial charge in [-0.3, -0.25) is 9.89 Å². The van der Waals surface area contributed by atoms with Crippen molar-refractivity contribution >= 4 is 16.8 Å². The van der Waals surface area contributed by atoms with Crippen molar-refractivity contribution in [1.29, 1.82) is 0 Å². The van der Waals surface area contributed by atoms with Crippen LogP contribution in [0.1, 0.15) is 22.5 Å². The maximum atomic E-state index is 12.5. The second-order valence-electron chi connectivity index (χ2n) is 5.70. The lowest BCUT2D eigenvalue weighted by Gasteiger charge is -2.18. The van der Waals surface area contributed by atoms with Crippen LogP contribution in [0.15, 0.2) is 30.5 Å². The van der Waals surface area contributed by atoms with Crippen LogP contribution in [0, 0.1) is 13.8 Å². The van der Waals surface area contributed by atoms with Crippen LogP contribution < -0.4 is 0 Å². The summed E-state index contributed by atoms with van der Waals surface area (Å²) in [4.78, 5) is 17.5. The number of H-pyrrole nitrogens is 2. The van der Waals surface area contributed by atoms with Crippen LogP contribution in [-0.2, 0) is 17.8 Å². The summed E-state index contributed by atoms with van der Waals surface area (Å²) in [6.07, 6.45) is 2.31. The van der Waals surface area contributed by atoms with E-state index in [4.69, 9.17) is 0 Å². The first-order valence-corrected chi connectivity index (χ1v) is 7.35. The number of amides is 1. The molecule has 22 heavy (non-hydrogen) atoms. The van der Waals surface area contributed by atoms with Crippen LogP contribution in [0.3, 0.4) is 0 Å². The SMILES string of the molecule is Cc1n[nH]c(C)c1CC(=O)N(C)Cc1cccc2cc[nH]c12. The predicted molar refractivity (Wildman–Crippen MR) is 86.5 cm³/mol. The molecule has 0 aliphatic heterocycles. The third kappa shape index (κ3) is 2.62. The van der Waals surface area contributed by atoms with Crippen molar-refractivity contribution in [1.82, 2.24) is 20.1 Å². The van der Waals surface area contributed by atoms with Crippen LogP contribution in [0.4, 0.5) is 0 Å². The van der Waals surface area contributed by atoms with Crippen molar-refractivity contribution in [3.8, 4) is 0 Å². The van der Waals surface area contributed by atoms with Crippen molar-refractivity contribution in [2.45, 2.75) is 26.8 Å². The smallest absolute Gasteiger partial charge is 0.227 e. The Morgan fingerprint density at radius 1 is 1.27 bits per heavy atom. The van der Waals surface area contributed by atoms with Gasteiger partial charge in [0.05, 0.1) is 17.6 Å². The molecular weight excluding hydrogens is 276 g/mol. The van der Waals surface area contributed by atoms with E-state index < -0.39 is 0 Å². The third-order valence-electron chi connectivity index (χ3n) is 4.12. The van der Waals surface area contributed by atoms with Gasteiger partial charge in [0.2, 0.25) is 5.91 Å². The van der Waals surface area contributed by atoms with Gasteiger partial charge in [-0.15, -0.1) is 0 Å². The zero-order valence-electron chi connectivity index (χ0n) is 13.1. The molecule has 1 amide bonds. The topological polar surface area (TPSA) is 64.8 Å². The number of hydrogen-bond acceptors (Lipinski definition) is 2. The molecular formula is C17H20N4O. The fourth-order valence-corrected chi connectivity index (χ4v) is 2.75. The van der Waals surface area contributed by atoms with E-state index in [2.05, 4.69) is 27.3 Å². The highest BCUT2D eigenvalue weighted by Gasteiger charge is 2.16. The number of carbonyl (C=O) groups is 1. The molecule has 0 aliphatic rings. The summed E-state index contributed by atoms with van der Waals surface area (Å²) in [6.45, 7) is 4.46. The van der Waals surface area contributed by atoms with Crippen LogP contribution >= 0.6 is 0 Å². The maximum Gasteiger partial charge on any atom is 0.227 e. The van der Waals surface area contributed by atoms with E-state index >= 15 is 0 Å². The lowest BCUT2D eigenvalue weighted by molar-refractivity contribution is -0.129. The number of aryl methyl sites for hydroxylation is 2. The first-order valence-electron chi connectivity index (χ1n) is 7.35. The molecule has 2 aromatic heterocycles. The highest BCUT2D eigenvalue weighted by Crippen LogP contribution is 2.19. The molecule has 0 fully saturated rings. The van der Waals surface area contributed by atoms with Crippen molar-refractivity contribution in [3.63, 3.8) is 0 Å². The second-order valence-corrected chi connectivity index (χ2v) is 5.70. The fraction of sp³-hybridized carbons (Fsp3) is 0.294. The molecule has 2 N–H and O–H groups in total. The number of nitrogens with zero attached hydrogens (tertiary/aromatic N) is 2. The van der Waals surface area contributed by atoms with Gasteiger partial charge < -0.3 is 9.88 Å². The van der Waals surface area contributed by atoms with Gasteiger partial charge in [0.25, 0.3) is 0 Å². The van der Waals surface area contributed by atoms with Gasteiger partial charge in [0.15, 0.2) is 0 Å². The molecule has 3 rings (SSSR count). The van der Waals surface area contributed by atoms with Gasteiger partial charge in [-0.2, -0.15) is 5.10 Å². The average molecular weight is 296 g/mol. The van der Waals surface area contributed by atoms with E-state index in [1.807, 2.05) is 39.2 Å². The summed E-state index contributed by atoms with van der Waals surface area (Å²) >= 11 is 0. The van der Waals surface area contributed by atoms with Gasteiger partial charge in [-0.1, -0.05) is 18.2 Å². The summed E-state index contributed by atoms with van der Waals surface area (Å²) in [5, 5.41) is 8.24. The zero-order valence-corrected chi connectivity index (χ0v) is 13.1. The number of para-hydroxylation sites is 1. The molecule has 114 valence electrons. The molecule has 3 aromatic rings. The Kier molecular flexibility index (Phi) is 3.71. The van der Waals surface area contributed by atoms with Crippen molar-refractivity contribution < 1.29 is 4.79 Å². The van der Waals surface area contributed by atoms with Crippen LogP contribution in [0.5, 0.6) is 0 Å². The second kappa shape index (κ2) is 5.67. The van der Waals surface area contributed by atoms with Gasteiger partial charge in [-0.05, 0) is 30.9 Å². The van der Waals surface area contributed by atoms with E-state index in [1.54, 1.807) is 4.90 Å². The lowest BCUT2D eigenvalue weighted by Crippen LogP contribution is -2.28. The summed E-state index contributed by atoms with van der Waals surface area (Å²) in [7, 11) is 1.84.